The van der Waals surface area contributed by atoms with E-state index in [1.165, 1.54) is 24.3 Å². The monoisotopic (exact) mass is 489 g/mol. The highest BCUT2D eigenvalue weighted by Gasteiger charge is 2.36. The largest absolute Gasteiger partial charge is 0.398 e. The van der Waals surface area contributed by atoms with Crippen LogP contribution in [-0.4, -0.2) is 37.5 Å². The Hall–Kier alpha value is -3.78. The van der Waals surface area contributed by atoms with Crippen LogP contribution in [0.5, 0.6) is 0 Å². The minimum absolute atomic E-state index is 0.0156. The van der Waals surface area contributed by atoms with E-state index in [4.69, 9.17) is 11.5 Å². The second kappa shape index (κ2) is 7.38. The maximum Gasteiger partial charge on any atom is 0.296 e. The topological polar surface area (TPSA) is 207 Å². The number of hydrogen-bond donors (Lipinski definition) is 5. The van der Waals surface area contributed by atoms with Crippen molar-refractivity contribution >= 4 is 54.6 Å². The van der Waals surface area contributed by atoms with E-state index in [1.54, 1.807) is 6.07 Å². The van der Waals surface area contributed by atoms with Crippen LogP contribution in [0.4, 0.5) is 22.7 Å². The minimum atomic E-state index is -4.90. The summed E-state index contributed by atoms with van der Waals surface area (Å²) < 4.78 is 65.4. The van der Waals surface area contributed by atoms with Crippen LogP contribution in [0.25, 0.3) is 0 Å². The van der Waals surface area contributed by atoms with Gasteiger partial charge in [0, 0.05) is 16.8 Å². The van der Waals surface area contributed by atoms with Crippen molar-refractivity contribution in [2.75, 3.05) is 16.8 Å². The summed E-state index contributed by atoms with van der Waals surface area (Å²) in [5.41, 5.74) is 9.99. The minimum Gasteiger partial charge on any atom is -0.398 e. The van der Waals surface area contributed by atoms with Crippen molar-refractivity contribution in [1.82, 2.24) is 0 Å². The first-order chi connectivity index (χ1) is 15.3. The van der Waals surface area contributed by atoms with Crippen molar-refractivity contribution in [2.45, 2.75) is 9.79 Å². The molecule has 0 radical (unpaired) electrons. The van der Waals surface area contributed by atoms with E-state index in [0.29, 0.717) is 0 Å². The van der Waals surface area contributed by atoms with Crippen molar-refractivity contribution in [2.24, 2.45) is 0 Å². The molecule has 0 heterocycles. The van der Waals surface area contributed by atoms with Gasteiger partial charge in [0.1, 0.15) is 9.79 Å². The summed E-state index contributed by atoms with van der Waals surface area (Å²) in [6.45, 7) is 0. The zero-order chi connectivity index (χ0) is 24.3. The lowest BCUT2D eigenvalue weighted by molar-refractivity contribution is 0.0980. The molecule has 3 aromatic rings. The molecule has 0 aromatic heterocycles. The number of benzene rings is 3. The van der Waals surface area contributed by atoms with Crippen LogP contribution in [-0.2, 0) is 20.2 Å². The third kappa shape index (κ3) is 3.72. The molecule has 0 amide bonds. The highest BCUT2D eigenvalue weighted by molar-refractivity contribution is 7.86. The first-order valence-electron chi connectivity index (χ1n) is 9.07. The van der Waals surface area contributed by atoms with Gasteiger partial charge in [-0.05, 0) is 24.3 Å². The smallest absolute Gasteiger partial charge is 0.296 e. The zero-order valence-electron chi connectivity index (χ0n) is 16.4. The number of hydrogen-bond acceptors (Lipinski definition) is 9. The molecule has 13 heteroatoms. The van der Waals surface area contributed by atoms with Crippen LogP contribution in [0.3, 0.4) is 0 Å². The molecule has 3 aromatic carbocycles. The Morgan fingerprint density at radius 1 is 0.727 bits per heavy atom. The second-order valence-corrected chi connectivity index (χ2v) is 9.90. The van der Waals surface area contributed by atoms with Crippen molar-refractivity contribution < 1.29 is 35.5 Å². The van der Waals surface area contributed by atoms with E-state index in [9.17, 15) is 35.5 Å². The Morgan fingerprint density at radius 2 is 1.27 bits per heavy atom. The van der Waals surface area contributed by atoms with Gasteiger partial charge in [0.2, 0.25) is 0 Å². The SMILES string of the molecule is Nc1cc(Nc2cc(S(=O)(=O)O)c(N)c3c2C(=O)c2ccccc2C3=O)ccc1S(=O)(=O)O. The Morgan fingerprint density at radius 3 is 1.79 bits per heavy atom. The predicted molar refractivity (Wildman–Crippen MR) is 118 cm³/mol. The number of carbonyl (C=O) groups is 2. The fraction of sp³-hybridized carbons (Fsp3) is 0. The second-order valence-electron chi connectivity index (χ2n) is 7.12. The van der Waals surface area contributed by atoms with E-state index >= 15 is 0 Å². The maximum atomic E-state index is 13.2. The van der Waals surface area contributed by atoms with Crippen molar-refractivity contribution in [3.8, 4) is 0 Å². The molecule has 0 saturated carbocycles. The molecule has 0 bridgehead atoms. The Balaban J connectivity index is 1.97. The average molecular weight is 489 g/mol. The predicted octanol–water partition coefficient (Wildman–Crippen LogP) is 1.86. The number of anilines is 4. The summed E-state index contributed by atoms with van der Waals surface area (Å²) in [6, 6.07) is 10.1. The molecular weight excluding hydrogens is 474 g/mol. The number of ketones is 2. The lowest BCUT2D eigenvalue weighted by atomic mass is 9.82. The molecule has 0 unspecified atom stereocenters. The summed E-state index contributed by atoms with van der Waals surface area (Å²) in [6.07, 6.45) is 0. The van der Waals surface area contributed by atoms with Gasteiger partial charge in [-0.1, -0.05) is 24.3 Å². The fourth-order valence-electron chi connectivity index (χ4n) is 3.62. The highest BCUT2D eigenvalue weighted by Crippen LogP contribution is 2.40. The Labute approximate surface area is 187 Å². The maximum absolute atomic E-state index is 13.2. The molecule has 0 spiro atoms. The van der Waals surface area contributed by atoms with E-state index in [-0.39, 0.29) is 33.8 Å². The number of nitrogens with one attached hydrogen (secondary N) is 1. The van der Waals surface area contributed by atoms with Crippen LogP contribution >= 0.6 is 0 Å². The van der Waals surface area contributed by atoms with Gasteiger partial charge >= 0.3 is 0 Å². The van der Waals surface area contributed by atoms with Crippen LogP contribution in [0.1, 0.15) is 31.8 Å². The van der Waals surface area contributed by atoms with Crippen LogP contribution in [0.15, 0.2) is 58.3 Å². The molecule has 170 valence electrons. The fourth-order valence-corrected chi connectivity index (χ4v) is 4.87. The van der Waals surface area contributed by atoms with E-state index in [0.717, 1.165) is 18.2 Å². The molecule has 7 N–H and O–H groups in total. The molecule has 33 heavy (non-hydrogen) atoms. The molecule has 1 aliphatic carbocycles. The van der Waals surface area contributed by atoms with Crippen LogP contribution < -0.4 is 16.8 Å². The molecule has 0 fully saturated rings. The first kappa shape index (κ1) is 22.4. The zero-order valence-corrected chi connectivity index (χ0v) is 18.1. The highest BCUT2D eigenvalue weighted by atomic mass is 32.2. The quantitative estimate of drug-likeness (QED) is 0.206. The van der Waals surface area contributed by atoms with Crippen molar-refractivity contribution in [1.29, 1.82) is 0 Å². The third-order valence-corrected chi connectivity index (χ3v) is 6.87. The van der Waals surface area contributed by atoms with Gasteiger partial charge in [0.05, 0.1) is 28.2 Å². The number of nitrogens with two attached hydrogens (primary N) is 2. The third-order valence-electron chi connectivity index (χ3n) is 5.04. The van der Waals surface area contributed by atoms with Gasteiger partial charge < -0.3 is 16.8 Å². The van der Waals surface area contributed by atoms with E-state index < -0.39 is 52.8 Å². The lowest BCUT2D eigenvalue weighted by Crippen LogP contribution is -2.25. The van der Waals surface area contributed by atoms with Gasteiger partial charge in [-0.2, -0.15) is 16.8 Å². The van der Waals surface area contributed by atoms with Crippen molar-refractivity contribution in [3.05, 3.63) is 70.8 Å². The molecule has 0 atom stereocenters. The standard InChI is InChI=1S/C20H15N3O8S2/c21-12-7-9(5-6-14(12)32(26,27)28)23-13-8-15(33(29,30)31)18(22)17-16(13)19(24)10-3-1-2-4-11(10)20(17)25/h1-8,23H,21-22H2,(H,26,27,28)(H,29,30,31). The summed E-state index contributed by atoms with van der Waals surface area (Å²) in [7, 11) is -9.50. The molecular formula is C20H15N3O8S2. The van der Waals surface area contributed by atoms with Gasteiger partial charge in [-0.15, -0.1) is 0 Å². The number of nitrogen functional groups attached to an aromatic ring is 2. The Bertz CT molecular complexity index is 1600. The summed E-state index contributed by atoms with van der Waals surface area (Å²) in [4.78, 5) is 25.0. The van der Waals surface area contributed by atoms with Crippen molar-refractivity contribution in [3.63, 3.8) is 0 Å². The normalized spacial score (nSPS) is 13.4. The summed E-state index contributed by atoms with van der Waals surface area (Å²) >= 11 is 0. The van der Waals surface area contributed by atoms with Gasteiger partial charge in [-0.3, -0.25) is 18.7 Å². The van der Waals surface area contributed by atoms with E-state index in [2.05, 4.69) is 5.32 Å². The van der Waals surface area contributed by atoms with Gasteiger partial charge in [-0.25, -0.2) is 0 Å². The Kier molecular flexibility index (Phi) is 5.01. The van der Waals surface area contributed by atoms with Crippen LogP contribution in [0, 0.1) is 0 Å². The molecule has 11 nitrogen and oxygen atoms in total. The number of fused-ring (bicyclic) bond motifs is 2. The average Bonchev–Trinajstić information content (AvgIpc) is 2.71. The lowest BCUT2D eigenvalue weighted by Gasteiger charge is -2.23. The molecule has 0 aliphatic heterocycles. The van der Waals surface area contributed by atoms with E-state index in [1.807, 2.05) is 0 Å². The molecule has 1 aliphatic rings. The van der Waals surface area contributed by atoms with Gasteiger partial charge in [0.15, 0.2) is 11.6 Å². The molecule has 0 saturated heterocycles. The van der Waals surface area contributed by atoms with Gasteiger partial charge in [0.25, 0.3) is 20.2 Å². The van der Waals surface area contributed by atoms with Crippen LogP contribution in [0.2, 0.25) is 0 Å². The summed E-state index contributed by atoms with van der Waals surface area (Å²) in [5.74, 6) is -1.34. The number of carbonyl (C=O) groups excluding carboxylic acids is 2. The number of rotatable bonds is 4. The molecule has 4 rings (SSSR count). The first-order valence-corrected chi connectivity index (χ1v) is 11.9. The summed E-state index contributed by atoms with van der Waals surface area (Å²) in [5, 5.41) is 2.71.